The Morgan fingerprint density at radius 2 is 1.95 bits per heavy atom. The molecule has 118 valence electrons. The Labute approximate surface area is 128 Å². The molecule has 0 bridgehead atoms. The number of hydrogen-bond donors (Lipinski definition) is 2. The zero-order valence-electron chi connectivity index (χ0n) is 11.7. The van der Waals surface area contributed by atoms with Crippen LogP contribution < -0.4 is 4.72 Å². The molecular formula is C13H17ClFNO4S. The van der Waals surface area contributed by atoms with Crippen molar-refractivity contribution in [1.82, 2.24) is 4.72 Å². The molecule has 0 radical (unpaired) electrons. The van der Waals surface area contributed by atoms with Gasteiger partial charge in [-0.15, -0.1) is 0 Å². The quantitative estimate of drug-likeness (QED) is 0.801. The molecule has 2 N–H and O–H groups in total. The minimum atomic E-state index is -4.01. The van der Waals surface area contributed by atoms with Gasteiger partial charge in [0.1, 0.15) is 10.7 Å². The van der Waals surface area contributed by atoms with Crippen molar-refractivity contribution in [2.45, 2.75) is 31.6 Å². The van der Waals surface area contributed by atoms with Crippen molar-refractivity contribution in [3.8, 4) is 0 Å². The summed E-state index contributed by atoms with van der Waals surface area (Å²) in [6.45, 7) is 3.10. The maximum Gasteiger partial charge on any atom is 0.310 e. The molecular weight excluding hydrogens is 321 g/mol. The molecule has 0 aliphatic heterocycles. The van der Waals surface area contributed by atoms with Gasteiger partial charge < -0.3 is 5.11 Å². The third kappa shape index (κ3) is 3.93. The Morgan fingerprint density at radius 1 is 1.38 bits per heavy atom. The Kier molecular flexibility index (Phi) is 5.72. The zero-order valence-corrected chi connectivity index (χ0v) is 13.3. The number of halogens is 2. The van der Waals surface area contributed by atoms with Gasteiger partial charge in [0.2, 0.25) is 10.0 Å². The van der Waals surface area contributed by atoms with Crippen LogP contribution in [-0.2, 0) is 14.8 Å². The Balaban J connectivity index is 3.03. The van der Waals surface area contributed by atoms with Crippen molar-refractivity contribution in [3.63, 3.8) is 0 Å². The molecule has 0 aromatic heterocycles. The summed E-state index contributed by atoms with van der Waals surface area (Å²) in [4.78, 5) is 11.1. The summed E-state index contributed by atoms with van der Waals surface area (Å²) in [5.74, 6) is -1.72. The Bertz CT molecular complexity index is 629. The van der Waals surface area contributed by atoms with E-state index in [1.165, 1.54) is 0 Å². The summed E-state index contributed by atoms with van der Waals surface area (Å²) in [6, 6.07) is 2.91. The van der Waals surface area contributed by atoms with Gasteiger partial charge in [-0.3, -0.25) is 4.79 Å². The Hall–Kier alpha value is -1.18. The van der Waals surface area contributed by atoms with Crippen LogP contribution in [0.5, 0.6) is 0 Å². The van der Waals surface area contributed by atoms with Crippen LogP contribution in [0, 0.1) is 11.2 Å². The lowest BCUT2D eigenvalue weighted by molar-refractivity contribution is -0.149. The van der Waals surface area contributed by atoms with E-state index in [2.05, 4.69) is 4.72 Å². The van der Waals surface area contributed by atoms with Gasteiger partial charge in [-0.1, -0.05) is 25.4 Å². The molecule has 0 unspecified atom stereocenters. The Morgan fingerprint density at radius 3 is 2.38 bits per heavy atom. The maximum absolute atomic E-state index is 12.9. The van der Waals surface area contributed by atoms with E-state index in [0.717, 1.165) is 18.2 Å². The van der Waals surface area contributed by atoms with Crippen molar-refractivity contribution in [1.29, 1.82) is 0 Å². The molecule has 0 amide bonds. The fraction of sp³-hybridized carbons (Fsp3) is 0.462. The molecule has 8 heteroatoms. The van der Waals surface area contributed by atoms with E-state index < -0.39 is 27.2 Å². The van der Waals surface area contributed by atoms with Gasteiger partial charge in [-0.05, 0) is 31.0 Å². The number of carbonyl (C=O) groups is 1. The summed E-state index contributed by atoms with van der Waals surface area (Å²) in [5.41, 5.74) is -1.18. The number of carboxylic acid groups (broad SMARTS) is 1. The monoisotopic (exact) mass is 337 g/mol. The molecule has 0 fully saturated rings. The summed E-state index contributed by atoms with van der Waals surface area (Å²) in [7, 11) is -4.01. The van der Waals surface area contributed by atoms with Crippen LogP contribution in [0.25, 0.3) is 0 Å². The molecule has 0 atom stereocenters. The third-order valence-corrected chi connectivity index (χ3v) is 5.48. The molecule has 1 aromatic carbocycles. The molecule has 1 rings (SSSR count). The number of rotatable bonds is 7. The highest BCUT2D eigenvalue weighted by atomic mass is 35.5. The second kappa shape index (κ2) is 6.72. The van der Waals surface area contributed by atoms with Gasteiger partial charge in [-0.25, -0.2) is 17.5 Å². The predicted molar refractivity (Wildman–Crippen MR) is 77.2 cm³/mol. The van der Waals surface area contributed by atoms with E-state index in [9.17, 15) is 22.7 Å². The first kappa shape index (κ1) is 17.9. The van der Waals surface area contributed by atoms with Crippen LogP contribution in [-0.4, -0.2) is 26.0 Å². The lowest BCUT2D eigenvalue weighted by Gasteiger charge is -2.26. The summed E-state index contributed by atoms with van der Waals surface area (Å²) in [5, 5.41) is 9.02. The van der Waals surface area contributed by atoms with Crippen LogP contribution in [0.1, 0.15) is 26.7 Å². The van der Waals surface area contributed by atoms with E-state index in [1.54, 1.807) is 13.8 Å². The van der Waals surface area contributed by atoms with E-state index in [1.807, 2.05) is 0 Å². The summed E-state index contributed by atoms with van der Waals surface area (Å²) >= 11 is 5.72. The fourth-order valence-electron chi connectivity index (χ4n) is 1.88. The van der Waals surface area contributed by atoms with Crippen LogP contribution in [0.4, 0.5) is 4.39 Å². The van der Waals surface area contributed by atoms with Crippen molar-refractivity contribution >= 4 is 27.6 Å². The van der Waals surface area contributed by atoms with E-state index in [-0.39, 0.29) is 29.3 Å². The summed E-state index contributed by atoms with van der Waals surface area (Å²) < 4.78 is 39.5. The van der Waals surface area contributed by atoms with Crippen LogP contribution in [0.2, 0.25) is 5.02 Å². The number of carboxylic acids is 1. The number of sulfonamides is 1. The molecule has 0 aliphatic carbocycles. The van der Waals surface area contributed by atoms with Crippen molar-refractivity contribution in [2.24, 2.45) is 5.41 Å². The van der Waals surface area contributed by atoms with Gasteiger partial charge in [0, 0.05) is 6.54 Å². The fourth-order valence-corrected chi connectivity index (χ4v) is 3.54. The lowest BCUT2D eigenvalue weighted by atomic mass is 9.83. The van der Waals surface area contributed by atoms with Crippen LogP contribution >= 0.6 is 11.6 Å². The second-order valence-corrected chi connectivity index (χ2v) is 6.83. The minimum absolute atomic E-state index is 0.253. The highest BCUT2D eigenvalue weighted by Gasteiger charge is 2.36. The zero-order chi connectivity index (χ0) is 16.3. The van der Waals surface area contributed by atoms with Crippen molar-refractivity contribution in [2.75, 3.05) is 6.54 Å². The molecule has 1 aromatic rings. The van der Waals surface area contributed by atoms with E-state index >= 15 is 0 Å². The molecule has 5 nitrogen and oxygen atoms in total. The normalized spacial score (nSPS) is 12.4. The van der Waals surface area contributed by atoms with E-state index in [4.69, 9.17) is 11.6 Å². The summed E-state index contributed by atoms with van der Waals surface area (Å²) in [6.07, 6.45) is 0.553. The average Bonchev–Trinajstić information content (AvgIpc) is 2.39. The number of nitrogens with one attached hydrogen (secondary N) is 1. The van der Waals surface area contributed by atoms with Gasteiger partial charge >= 0.3 is 5.97 Å². The van der Waals surface area contributed by atoms with Gasteiger partial charge in [0.25, 0.3) is 0 Å². The highest BCUT2D eigenvalue weighted by Crippen LogP contribution is 2.27. The first-order chi connectivity index (χ1) is 9.68. The maximum atomic E-state index is 12.9. The van der Waals surface area contributed by atoms with Gasteiger partial charge in [0.05, 0.1) is 10.4 Å². The molecule has 0 heterocycles. The third-order valence-electron chi connectivity index (χ3n) is 3.59. The average molecular weight is 338 g/mol. The topological polar surface area (TPSA) is 83.5 Å². The standard InChI is InChI=1S/C13H17ClFNO4S/c1-3-13(4-2,12(17)18)8-16-21(19,20)11-6-5-9(15)7-10(11)14/h5-7,16H,3-4,8H2,1-2H3,(H,17,18). The lowest BCUT2D eigenvalue weighted by Crippen LogP contribution is -2.42. The SMILES string of the molecule is CCC(CC)(CNS(=O)(=O)c1ccc(F)cc1Cl)C(=O)O. The predicted octanol–water partition coefficient (Wildman–Crippen LogP) is 2.65. The van der Waals surface area contributed by atoms with Crippen molar-refractivity contribution < 1.29 is 22.7 Å². The molecule has 0 saturated carbocycles. The van der Waals surface area contributed by atoms with Gasteiger partial charge in [0.15, 0.2) is 0 Å². The van der Waals surface area contributed by atoms with Crippen LogP contribution in [0.15, 0.2) is 23.1 Å². The van der Waals surface area contributed by atoms with Crippen molar-refractivity contribution in [3.05, 3.63) is 29.0 Å². The van der Waals surface area contributed by atoms with E-state index in [0.29, 0.717) is 0 Å². The smallest absolute Gasteiger partial charge is 0.310 e. The minimum Gasteiger partial charge on any atom is -0.481 e. The number of aliphatic carboxylic acids is 1. The first-order valence-corrected chi connectivity index (χ1v) is 8.22. The first-order valence-electron chi connectivity index (χ1n) is 6.36. The molecule has 0 spiro atoms. The van der Waals surface area contributed by atoms with Crippen LogP contribution in [0.3, 0.4) is 0 Å². The largest absolute Gasteiger partial charge is 0.481 e. The highest BCUT2D eigenvalue weighted by molar-refractivity contribution is 7.89. The number of benzene rings is 1. The molecule has 0 aliphatic rings. The van der Waals surface area contributed by atoms with Gasteiger partial charge in [-0.2, -0.15) is 0 Å². The molecule has 0 saturated heterocycles. The molecule has 21 heavy (non-hydrogen) atoms. The second-order valence-electron chi connectivity index (χ2n) is 4.69. The number of hydrogen-bond acceptors (Lipinski definition) is 3.